The lowest BCUT2D eigenvalue weighted by molar-refractivity contribution is -0.115. The molecule has 1 aliphatic rings. The summed E-state index contributed by atoms with van der Waals surface area (Å²) in [6.07, 6.45) is 10.4. The third-order valence-corrected chi connectivity index (χ3v) is 3.31. The number of ketones is 2. The molecule has 0 atom stereocenters. The zero-order chi connectivity index (χ0) is 17.7. The lowest BCUT2D eigenvalue weighted by Crippen LogP contribution is -2.08. The van der Waals surface area contributed by atoms with Gasteiger partial charge in [-0.15, -0.1) is 23.2 Å². The number of hydrogen-bond donors (Lipinski definition) is 0. The zero-order valence-corrected chi connectivity index (χ0v) is 14.8. The fourth-order valence-corrected chi connectivity index (χ4v) is 1.67. The molecule has 0 unspecified atom stereocenters. The summed E-state index contributed by atoms with van der Waals surface area (Å²) in [7, 11) is 0. The molecule has 23 heavy (non-hydrogen) atoms. The summed E-state index contributed by atoms with van der Waals surface area (Å²) < 4.78 is 5.59. The third kappa shape index (κ3) is 10.7. The topological polar surface area (TPSA) is 43.4 Å². The summed E-state index contributed by atoms with van der Waals surface area (Å²) in [5.74, 6) is 1.06. The van der Waals surface area contributed by atoms with Gasteiger partial charge >= 0.3 is 0 Å². The van der Waals surface area contributed by atoms with Crippen LogP contribution in [0.3, 0.4) is 0 Å². The second-order valence-electron chi connectivity index (χ2n) is 4.76. The van der Waals surface area contributed by atoms with Crippen molar-refractivity contribution >= 4 is 34.8 Å². The molecule has 126 valence electrons. The van der Waals surface area contributed by atoms with Gasteiger partial charge in [0.1, 0.15) is 12.4 Å². The molecule has 0 aromatic rings. The van der Waals surface area contributed by atoms with E-state index in [1.54, 1.807) is 12.2 Å². The van der Waals surface area contributed by atoms with Gasteiger partial charge in [-0.05, 0) is 30.6 Å². The van der Waals surface area contributed by atoms with E-state index in [2.05, 4.69) is 13.2 Å². The molecule has 0 aromatic heterocycles. The Morgan fingerprint density at radius 3 is 2.35 bits per heavy atom. The first-order valence-electron chi connectivity index (χ1n) is 7.08. The molecule has 0 spiro atoms. The van der Waals surface area contributed by atoms with Crippen LogP contribution in [0.25, 0.3) is 0 Å². The number of carbonyl (C=O) groups excluding carboxylic acids is 2. The van der Waals surface area contributed by atoms with Gasteiger partial charge in [0.25, 0.3) is 0 Å². The Morgan fingerprint density at radius 2 is 1.91 bits per heavy atom. The van der Waals surface area contributed by atoms with Crippen molar-refractivity contribution in [3.63, 3.8) is 0 Å². The van der Waals surface area contributed by atoms with Crippen molar-refractivity contribution in [1.29, 1.82) is 0 Å². The number of rotatable bonds is 8. The van der Waals surface area contributed by atoms with E-state index in [4.69, 9.17) is 27.9 Å². The average Bonchev–Trinajstić information content (AvgIpc) is 2.58. The number of carbonyl (C=O) groups is 2. The standard InChI is InChI=1S/C15H17ClO2.C3H5ClO/c1-3-4-5-12(2)11-18-14-8-6-13(7-9-14)15(17)10-16;1-3(5)2-4/h3-6,8H,1-2,7,9-11H2;2H2,1H3/b5-4-;. The molecule has 0 fully saturated rings. The highest BCUT2D eigenvalue weighted by Crippen LogP contribution is 2.20. The van der Waals surface area contributed by atoms with Gasteiger partial charge in [-0.25, -0.2) is 0 Å². The van der Waals surface area contributed by atoms with Crippen LogP contribution in [0.4, 0.5) is 0 Å². The molecule has 1 aliphatic carbocycles. The molecule has 1 rings (SSSR count). The molecule has 0 aromatic carbocycles. The van der Waals surface area contributed by atoms with E-state index in [9.17, 15) is 9.59 Å². The summed E-state index contributed by atoms with van der Waals surface area (Å²) in [5, 5.41) is 0. The zero-order valence-electron chi connectivity index (χ0n) is 13.3. The summed E-state index contributed by atoms with van der Waals surface area (Å²) in [4.78, 5) is 21.0. The number of allylic oxidation sites excluding steroid dienone is 6. The van der Waals surface area contributed by atoms with E-state index in [-0.39, 0.29) is 23.3 Å². The smallest absolute Gasteiger partial charge is 0.173 e. The molecule has 0 saturated heterocycles. The Kier molecular flexibility index (Phi) is 12.0. The Morgan fingerprint density at radius 1 is 1.26 bits per heavy atom. The van der Waals surface area contributed by atoms with Crippen LogP contribution in [0.2, 0.25) is 0 Å². The second kappa shape index (κ2) is 12.9. The van der Waals surface area contributed by atoms with Gasteiger partial charge in [0.2, 0.25) is 0 Å². The van der Waals surface area contributed by atoms with Crippen LogP contribution in [-0.4, -0.2) is 29.9 Å². The molecule has 0 saturated carbocycles. The molecule has 0 aliphatic heterocycles. The van der Waals surface area contributed by atoms with Gasteiger partial charge in [-0.2, -0.15) is 0 Å². The fraction of sp³-hybridized carbons (Fsp3) is 0.333. The van der Waals surface area contributed by atoms with E-state index >= 15 is 0 Å². The highest BCUT2D eigenvalue weighted by Gasteiger charge is 2.13. The molecule has 0 bridgehead atoms. The number of ether oxygens (including phenoxy) is 1. The van der Waals surface area contributed by atoms with Crippen LogP contribution < -0.4 is 0 Å². The van der Waals surface area contributed by atoms with Crippen molar-refractivity contribution < 1.29 is 14.3 Å². The minimum atomic E-state index is -0.00899. The molecular weight excluding hydrogens is 335 g/mol. The summed E-state index contributed by atoms with van der Waals surface area (Å²) in [5.41, 5.74) is 1.64. The van der Waals surface area contributed by atoms with Crippen molar-refractivity contribution in [1.82, 2.24) is 0 Å². The summed E-state index contributed by atoms with van der Waals surface area (Å²) >= 11 is 10.5. The fourth-order valence-electron chi connectivity index (χ4n) is 1.49. The lowest BCUT2D eigenvalue weighted by atomic mass is 10.0. The maximum atomic E-state index is 11.4. The van der Waals surface area contributed by atoms with E-state index in [1.807, 2.05) is 18.2 Å². The lowest BCUT2D eigenvalue weighted by Gasteiger charge is -2.14. The van der Waals surface area contributed by atoms with Crippen LogP contribution in [0.5, 0.6) is 0 Å². The SMILES string of the molecule is C=C/C=C\C(=C)COC1=CC=C(C(=O)CCl)CC1.CC(=O)CCl. The minimum Gasteiger partial charge on any atom is -0.493 e. The van der Waals surface area contributed by atoms with Crippen LogP contribution in [0.15, 0.2) is 60.4 Å². The van der Waals surface area contributed by atoms with Gasteiger partial charge in [0.05, 0.1) is 17.5 Å². The van der Waals surface area contributed by atoms with E-state index in [1.165, 1.54) is 6.92 Å². The number of alkyl halides is 2. The molecule has 3 nitrogen and oxygen atoms in total. The average molecular weight is 357 g/mol. The quantitative estimate of drug-likeness (QED) is 0.474. The Hall–Kier alpha value is -1.58. The summed E-state index contributed by atoms with van der Waals surface area (Å²) in [6.45, 7) is 9.34. The number of halogens is 2. The first kappa shape index (κ1) is 21.4. The Labute approximate surface area is 148 Å². The van der Waals surface area contributed by atoms with Crippen molar-refractivity contribution in [3.8, 4) is 0 Å². The van der Waals surface area contributed by atoms with Gasteiger partial charge in [-0.3, -0.25) is 9.59 Å². The van der Waals surface area contributed by atoms with Crippen LogP contribution in [0, 0.1) is 0 Å². The Bertz CT molecular complexity index is 528. The third-order valence-electron chi connectivity index (χ3n) is 2.69. The predicted molar refractivity (Wildman–Crippen MR) is 97.0 cm³/mol. The highest BCUT2D eigenvalue weighted by molar-refractivity contribution is 6.30. The minimum absolute atomic E-state index is 0.00899. The highest BCUT2D eigenvalue weighted by atomic mass is 35.5. The number of hydrogen-bond acceptors (Lipinski definition) is 3. The van der Waals surface area contributed by atoms with Gasteiger partial charge in [-0.1, -0.05) is 37.5 Å². The second-order valence-corrected chi connectivity index (χ2v) is 5.29. The maximum absolute atomic E-state index is 11.4. The van der Waals surface area contributed by atoms with Gasteiger partial charge < -0.3 is 4.74 Å². The largest absolute Gasteiger partial charge is 0.493 e. The maximum Gasteiger partial charge on any atom is 0.173 e. The van der Waals surface area contributed by atoms with Crippen molar-refractivity contribution in [3.05, 3.63) is 60.4 Å². The van der Waals surface area contributed by atoms with Crippen molar-refractivity contribution in [2.45, 2.75) is 19.8 Å². The molecule has 5 heteroatoms. The van der Waals surface area contributed by atoms with E-state index in [0.717, 1.165) is 23.3 Å². The first-order chi connectivity index (χ1) is 10.9. The molecular formula is C18H22Cl2O3. The van der Waals surface area contributed by atoms with Gasteiger partial charge in [0.15, 0.2) is 5.78 Å². The first-order valence-corrected chi connectivity index (χ1v) is 8.15. The molecule has 0 radical (unpaired) electrons. The van der Waals surface area contributed by atoms with E-state index < -0.39 is 0 Å². The van der Waals surface area contributed by atoms with Crippen LogP contribution in [-0.2, 0) is 14.3 Å². The normalized spacial score (nSPS) is 13.3. The van der Waals surface area contributed by atoms with Crippen LogP contribution in [0.1, 0.15) is 19.8 Å². The van der Waals surface area contributed by atoms with Gasteiger partial charge in [0, 0.05) is 6.42 Å². The van der Waals surface area contributed by atoms with E-state index in [0.29, 0.717) is 13.0 Å². The summed E-state index contributed by atoms with van der Waals surface area (Å²) in [6, 6.07) is 0. The van der Waals surface area contributed by atoms with Crippen molar-refractivity contribution in [2.24, 2.45) is 0 Å². The Balaban J connectivity index is 0.000000841. The molecule has 0 heterocycles. The molecule has 0 amide bonds. The monoisotopic (exact) mass is 356 g/mol. The van der Waals surface area contributed by atoms with Crippen molar-refractivity contribution in [2.75, 3.05) is 18.4 Å². The predicted octanol–water partition coefficient (Wildman–Crippen LogP) is 4.53. The molecule has 0 N–H and O–H groups in total. The van der Waals surface area contributed by atoms with Crippen LogP contribution >= 0.6 is 23.2 Å². The number of Topliss-reactive ketones (excluding diaryl/α,β-unsaturated/α-hetero) is 2.